The maximum Gasteiger partial charge on any atom is 0.148 e. The molecule has 1 fully saturated rings. The Hall–Kier alpha value is -0.130. The van der Waals surface area contributed by atoms with Gasteiger partial charge in [0.2, 0.25) is 0 Å². The predicted octanol–water partition coefficient (Wildman–Crippen LogP) is -1.02. The highest BCUT2D eigenvalue weighted by molar-refractivity contribution is 7.90. The van der Waals surface area contributed by atoms with Gasteiger partial charge in [-0.2, -0.15) is 0 Å². The molecule has 0 saturated carbocycles. The molecule has 0 spiro atoms. The Morgan fingerprint density at radius 2 is 2.33 bits per heavy atom. The van der Waals surface area contributed by atoms with Crippen LogP contribution in [-0.4, -0.2) is 46.1 Å². The van der Waals surface area contributed by atoms with Crippen LogP contribution >= 0.6 is 0 Å². The third-order valence-corrected chi connectivity index (χ3v) is 2.91. The van der Waals surface area contributed by atoms with Gasteiger partial charge in [0, 0.05) is 25.4 Å². The zero-order chi connectivity index (χ0) is 9.03. The van der Waals surface area contributed by atoms with E-state index in [-0.39, 0.29) is 5.75 Å². The van der Waals surface area contributed by atoms with Crippen LogP contribution in [0.1, 0.15) is 6.42 Å². The third-order valence-electron chi connectivity index (χ3n) is 1.97. The third kappa shape index (κ3) is 4.04. The van der Waals surface area contributed by atoms with Crippen molar-refractivity contribution in [2.24, 2.45) is 0 Å². The molecular formula is C7H16N2O2S. The summed E-state index contributed by atoms with van der Waals surface area (Å²) in [7, 11) is -2.80. The van der Waals surface area contributed by atoms with Crippen molar-refractivity contribution in [2.75, 3.05) is 31.6 Å². The molecule has 0 aromatic carbocycles. The van der Waals surface area contributed by atoms with Crippen LogP contribution in [0.25, 0.3) is 0 Å². The van der Waals surface area contributed by atoms with Gasteiger partial charge in [0.1, 0.15) is 9.84 Å². The van der Waals surface area contributed by atoms with Crippen LogP contribution in [0.5, 0.6) is 0 Å². The molecule has 1 saturated heterocycles. The number of nitrogens with one attached hydrogen (secondary N) is 2. The molecule has 0 aliphatic carbocycles. The normalized spacial score (nSPS) is 24.6. The zero-order valence-electron chi connectivity index (χ0n) is 7.34. The summed E-state index contributed by atoms with van der Waals surface area (Å²) in [5.74, 6) is 0.240. The molecule has 72 valence electrons. The van der Waals surface area contributed by atoms with E-state index in [1.165, 1.54) is 6.26 Å². The smallest absolute Gasteiger partial charge is 0.148 e. The van der Waals surface area contributed by atoms with Gasteiger partial charge in [-0.3, -0.25) is 0 Å². The quantitative estimate of drug-likeness (QED) is 0.599. The molecule has 0 bridgehead atoms. The Morgan fingerprint density at radius 1 is 1.58 bits per heavy atom. The molecular weight excluding hydrogens is 176 g/mol. The molecule has 0 amide bonds. The summed E-state index contributed by atoms with van der Waals surface area (Å²) in [5.41, 5.74) is 0. The fourth-order valence-electron chi connectivity index (χ4n) is 1.28. The monoisotopic (exact) mass is 192 g/mol. The van der Waals surface area contributed by atoms with Crippen molar-refractivity contribution in [1.82, 2.24) is 10.6 Å². The predicted molar refractivity (Wildman–Crippen MR) is 49.0 cm³/mol. The maximum atomic E-state index is 10.7. The Labute approximate surface area is 73.6 Å². The minimum atomic E-state index is -2.80. The molecule has 1 atom stereocenters. The number of rotatable bonds is 4. The molecule has 0 aromatic rings. The average molecular weight is 192 g/mol. The van der Waals surface area contributed by atoms with Gasteiger partial charge in [0.25, 0.3) is 0 Å². The molecule has 2 N–H and O–H groups in total. The van der Waals surface area contributed by atoms with Crippen LogP contribution in [-0.2, 0) is 9.84 Å². The van der Waals surface area contributed by atoms with Crippen LogP contribution in [0, 0.1) is 0 Å². The van der Waals surface area contributed by atoms with Crippen molar-refractivity contribution in [3.8, 4) is 0 Å². The summed E-state index contributed by atoms with van der Waals surface area (Å²) < 4.78 is 21.5. The van der Waals surface area contributed by atoms with Crippen molar-refractivity contribution in [3.63, 3.8) is 0 Å². The lowest BCUT2D eigenvalue weighted by atomic mass is 10.3. The lowest BCUT2D eigenvalue weighted by Crippen LogP contribution is -2.34. The van der Waals surface area contributed by atoms with Crippen LogP contribution in [0.3, 0.4) is 0 Å². The maximum absolute atomic E-state index is 10.7. The van der Waals surface area contributed by atoms with Gasteiger partial charge in [-0.05, 0) is 13.0 Å². The fourth-order valence-corrected chi connectivity index (χ4v) is 1.77. The summed E-state index contributed by atoms with van der Waals surface area (Å²) in [4.78, 5) is 0. The highest BCUT2D eigenvalue weighted by atomic mass is 32.2. The first-order chi connectivity index (χ1) is 5.58. The summed E-state index contributed by atoms with van der Waals surface area (Å²) >= 11 is 0. The van der Waals surface area contributed by atoms with E-state index in [1.807, 2.05) is 0 Å². The van der Waals surface area contributed by atoms with Crippen molar-refractivity contribution in [1.29, 1.82) is 0 Å². The van der Waals surface area contributed by atoms with Crippen LogP contribution in [0.2, 0.25) is 0 Å². The first kappa shape index (κ1) is 9.95. The first-order valence-corrected chi connectivity index (χ1v) is 6.26. The SMILES string of the molecule is CS(=O)(=O)CCNC1CCNC1. The van der Waals surface area contributed by atoms with Crippen molar-refractivity contribution >= 4 is 9.84 Å². The molecule has 1 rings (SSSR count). The van der Waals surface area contributed by atoms with E-state index in [1.54, 1.807) is 0 Å². The highest BCUT2D eigenvalue weighted by Gasteiger charge is 2.13. The minimum Gasteiger partial charge on any atom is -0.315 e. The molecule has 1 heterocycles. The second kappa shape index (κ2) is 4.20. The molecule has 4 nitrogen and oxygen atoms in total. The van der Waals surface area contributed by atoms with E-state index in [2.05, 4.69) is 10.6 Å². The van der Waals surface area contributed by atoms with Gasteiger partial charge in [-0.15, -0.1) is 0 Å². The Kier molecular flexibility index (Phi) is 3.49. The van der Waals surface area contributed by atoms with Gasteiger partial charge in [-0.1, -0.05) is 0 Å². The van der Waals surface area contributed by atoms with Gasteiger partial charge >= 0.3 is 0 Å². The van der Waals surface area contributed by atoms with Crippen molar-refractivity contribution in [2.45, 2.75) is 12.5 Å². The lowest BCUT2D eigenvalue weighted by Gasteiger charge is -2.09. The summed E-state index contributed by atoms with van der Waals surface area (Å²) in [6, 6.07) is 0.465. The highest BCUT2D eigenvalue weighted by Crippen LogP contribution is 1.96. The molecule has 1 aliphatic heterocycles. The van der Waals surface area contributed by atoms with Gasteiger partial charge in [0.05, 0.1) is 5.75 Å². The van der Waals surface area contributed by atoms with E-state index in [4.69, 9.17) is 0 Å². The Balaban J connectivity index is 2.09. The van der Waals surface area contributed by atoms with Crippen LogP contribution in [0.15, 0.2) is 0 Å². The number of sulfone groups is 1. The second-order valence-electron chi connectivity index (χ2n) is 3.27. The van der Waals surface area contributed by atoms with Crippen molar-refractivity contribution < 1.29 is 8.42 Å². The van der Waals surface area contributed by atoms with Crippen LogP contribution in [0.4, 0.5) is 0 Å². The average Bonchev–Trinajstić information content (AvgIpc) is 2.36. The zero-order valence-corrected chi connectivity index (χ0v) is 8.15. The number of hydrogen-bond donors (Lipinski definition) is 2. The topological polar surface area (TPSA) is 58.2 Å². The molecule has 0 radical (unpaired) electrons. The Morgan fingerprint density at radius 3 is 2.83 bits per heavy atom. The second-order valence-corrected chi connectivity index (χ2v) is 5.53. The molecule has 1 aliphatic rings. The lowest BCUT2D eigenvalue weighted by molar-refractivity contribution is 0.557. The molecule has 12 heavy (non-hydrogen) atoms. The van der Waals surface area contributed by atoms with E-state index >= 15 is 0 Å². The molecule has 5 heteroatoms. The standard InChI is InChI=1S/C7H16N2O2S/c1-12(10,11)5-4-9-7-2-3-8-6-7/h7-9H,2-6H2,1H3. The molecule has 1 unspecified atom stereocenters. The van der Waals surface area contributed by atoms with E-state index < -0.39 is 9.84 Å². The van der Waals surface area contributed by atoms with Gasteiger partial charge in [0.15, 0.2) is 0 Å². The Bertz CT molecular complexity index is 220. The van der Waals surface area contributed by atoms with Crippen molar-refractivity contribution in [3.05, 3.63) is 0 Å². The summed E-state index contributed by atoms with van der Waals surface area (Å²) in [6.45, 7) is 2.57. The molecule has 0 aromatic heterocycles. The van der Waals surface area contributed by atoms with E-state index in [9.17, 15) is 8.42 Å². The summed E-state index contributed by atoms with van der Waals surface area (Å²) in [6.07, 6.45) is 2.37. The van der Waals surface area contributed by atoms with Gasteiger partial charge in [-0.25, -0.2) is 8.42 Å². The minimum absolute atomic E-state index is 0.240. The largest absolute Gasteiger partial charge is 0.315 e. The fraction of sp³-hybridized carbons (Fsp3) is 1.00. The van der Waals surface area contributed by atoms with Gasteiger partial charge < -0.3 is 10.6 Å². The summed E-state index contributed by atoms with van der Waals surface area (Å²) in [5, 5.41) is 6.40. The van der Waals surface area contributed by atoms with E-state index in [0.717, 1.165) is 19.5 Å². The first-order valence-electron chi connectivity index (χ1n) is 4.20. The number of hydrogen-bond acceptors (Lipinski definition) is 4. The van der Waals surface area contributed by atoms with Crippen LogP contribution < -0.4 is 10.6 Å². The van der Waals surface area contributed by atoms with E-state index in [0.29, 0.717) is 12.6 Å².